The van der Waals surface area contributed by atoms with Crippen LogP contribution in [0.1, 0.15) is 27.0 Å². The summed E-state index contributed by atoms with van der Waals surface area (Å²) in [5, 5.41) is 4.56. The minimum absolute atomic E-state index is 0.00170. The van der Waals surface area contributed by atoms with Crippen LogP contribution in [0.25, 0.3) is 0 Å². The first-order valence-corrected chi connectivity index (χ1v) is 14.8. The van der Waals surface area contributed by atoms with E-state index in [9.17, 15) is 21.6 Å². The lowest BCUT2D eigenvalue weighted by molar-refractivity contribution is 0.102. The SMILES string of the molecule is Cc1ccc(NS(=O)(=O)c2cc(C(=O)Nc3ccc(S(=O)(=O)Nc4nccs4)cc3)ccc2C)cc1C. The molecule has 0 aliphatic rings. The molecule has 0 aliphatic heterocycles. The Morgan fingerprint density at radius 1 is 0.757 bits per heavy atom. The Kier molecular flexibility index (Phi) is 7.35. The highest BCUT2D eigenvalue weighted by atomic mass is 32.2. The quantitative estimate of drug-likeness (QED) is 0.282. The maximum Gasteiger partial charge on any atom is 0.263 e. The van der Waals surface area contributed by atoms with Crippen molar-refractivity contribution in [2.24, 2.45) is 0 Å². The average Bonchev–Trinajstić information content (AvgIpc) is 3.34. The fraction of sp³-hybridized carbons (Fsp3) is 0.120. The second-order valence-corrected chi connectivity index (χ2v) is 12.5. The van der Waals surface area contributed by atoms with Gasteiger partial charge in [0, 0.05) is 28.5 Å². The molecule has 37 heavy (non-hydrogen) atoms. The number of carbonyl (C=O) groups is 1. The minimum atomic E-state index is -3.95. The van der Waals surface area contributed by atoms with Crippen molar-refractivity contribution < 1.29 is 21.6 Å². The molecule has 1 amide bonds. The zero-order valence-electron chi connectivity index (χ0n) is 20.1. The molecule has 0 aliphatic carbocycles. The van der Waals surface area contributed by atoms with Crippen molar-refractivity contribution in [3.63, 3.8) is 0 Å². The lowest BCUT2D eigenvalue weighted by Crippen LogP contribution is -2.17. The van der Waals surface area contributed by atoms with Gasteiger partial charge in [0.1, 0.15) is 0 Å². The Hall–Kier alpha value is -3.74. The second kappa shape index (κ2) is 10.3. The van der Waals surface area contributed by atoms with Crippen LogP contribution in [0, 0.1) is 20.8 Å². The van der Waals surface area contributed by atoms with E-state index < -0.39 is 26.0 Å². The normalized spacial score (nSPS) is 11.6. The zero-order valence-corrected chi connectivity index (χ0v) is 22.6. The van der Waals surface area contributed by atoms with Crippen molar-refractivity contribution in [1.82, 2.24) is 4.98 Å². The molecule has 1 aromatic heterocycles. The number of benzene rings is 3. The Morgan fingerprint density at radius 2 is 1.43 bits per heavy atom. The van der Waals surface area contributed by atoms with Gasteiger partial charge < -0.3 is 5.32 Å². The number of hydrogen-bond donors (Lipinski definition) is 3. The fourth-order valence-electron chi connectivity index (χ4n) is 3.41. The smallest absolute Gasteiger partial charge is 0.263 e. The van der Waals surface area contributed by atoms with Crippen molar-refractivity contribution in [1.29, 1.82) is 0 Å². The lowest BCUT2D eigenvalue weighted by atomic mass is 10.1. The summed E-state index contributed by atoms with van der Waals surface area (Å²) >= 11 is 1.15. The number of nitrogens with one attached hydrogen (secondary N) is 3. The monoisotopic (exact) mass is 556 g/mol. The fourth-order valence-corrected chi connectivity index (χ4v) is 6.52. The van der Waals surface area contributed by atoms with Gasteiger partial charge in [-0.15, -0.1) is 11.3 Å². The van der Waals surface area contributed by atoms with E-state index in [1.54, 1.807) is 30.5 Å². The van der Waals surface area contributed by atoms with Gasteiger partial charge in [0.25, 0.3) is 26.0 Å². The Morgan fingerprint density at radius 3 is 2.08 bits per heavy atom. The van der Waals surface area contributed by atoms with Gasteiger partial charge in [-0.3, -0.25) is 14.2 Å². The van der Waals surface area contributed by atoms with Gasteiger partial charge in [0.15, 0.2) is 5.13 Å². The maximum absolute atomic E-state index is 13.1. The zero-order chi connectivity index (χ0) is 26.8. The third kappa shape index (κ3) is 6.16. The second-order valence-electron chi connectivity index (χ2n) is 8.31. The topological polar surface area (TPSA) is 134 Å². The average molecular weight is 557 g/mol. The first-order valence-electron chi connectivity index (χ1n) is 11.0. The molecule has 1 heterocycles. The van der Waals surface area contributed by atoms with E-state index in [0.717, 1.165) is 22.5 Å². The molecule has 0 bridgehead atoms. The van der Waals surface area contributed by atoms with Gasteiger partial charge in [-0.05, 0) is 86.0 Å². The summed E-state index contributed by atoms with van der Waals surface area (Å²) in [4.78, 5) is 16.8. The third-order valence-electron chi connectivity index (χ3n) is 5.58. The van der Waals surface area contributed by atoms with Gasteiger partial charge in [0.2, 0.25) is 0 Å². The van der Waals surface area contributed by atoms with E-state index in [2.05, 4.69) is 19.7 Å². The molecular formula is C25H24N4O5S3. The molecule has 3 N–H and O–H groups in total. The highest BCUT2D eigenvalue weighted by molar-refractivity contribution is 7.93. The number of thiazole rings is 1. The highest BCUT2D eigenvalue weighted by Gasteiger charge is 2.20. The van der Waals surface area contributed by atoms with Crippen molar-refractivity contribution in [3.05, 3.63) is 94.5 Å². The number of carbonyl (C=O) groups excluding carboxylic acids is 1. The molecule has 4 rings (SSSR count). The van der Waals surface area contributed by atoms with Crippen molar-refractivity contribution in [2.75, 3.05) is 14.8 Å². The van der Waals surface area contributed by atoms with Gasteiger partial charge in [-0.25, -0.2) is 21.8 Å². The predicted molar refractivity (Wildman–Crippen MR) is 145 cm³/mol. The van der Waals surface area contributed by atoms with Gasteiger partial charge in [-0.1, -0.05) is 12.1 Å². The summed E-state index contributed by atoms with van der Waals surface area (Å²) in [6, 6.07) is 15.2. The van der Waals surface area contributed by atoms with E-state index in [1.165, 1.54) is 42.6 Å². The lowest BCUT2D eigenvalue weighted by Gasteiger charge is -2.13. The van der Waals surface area contributed by atoms with E-state index in [4.69, 9.17) is 0 Å². The molecule has 192 valence electrons. The summed E-state index contributed by atoms with van der Waals surface area (Å²) in [6.07, 6.45) is 1.49. The number of sulfonamides is 2. The summed E-state index contributed by atoms with van der Waals surface area (Å²) in [7, 11) is -7.78. The number of aromatic nitrogens is 1. The van der Waals surface area contributed by atoms with E-state index in [-0.39, 0.29) is 20.5 Å². The molecule has 0 spiro atoms. The molecular weight excluding hydrogens is 532 g/mol. The van der Waals surface area contributed by atoms with Crippen molar-refractivity contribution in [3.8, 4) is 0 Å². The molecule has 0 fully saturated rings. The van der Waals surface area contributed by atoms with E-state index in [0.29, 0.717) is 16.9 Å². The summed E-state index contributed by atoms with van der Waals surface area (Å²) < 4.78 is 56.1. The standard InChI is InChI=1S/C25H24N4O5S3/c1-16-5-7-21(14-18(16)3)28-37(33,34)23-15-19(6-4-17(23)2)24(30)27-20-8-10-22(11-9-20)36(31,32)29-25-26-12-13-35-25/h4-15,28H,1-3H3,(H,26,29)(H,27,30). The summed E-state index contributed by atoms with van der Waals surface area (Å²) in [5.41, 5.74) is 3.37. The number of nitrogens with zero attached hydrogens (tertiary/aromatic N) is 1. The first-order chi connectivity index (χ1) is 17.4. The van der Waals surface area contributed by atoms with Crippen LogP contribution in [0.2, 0.25) is 0 Å². The van der Waals surface area contributed by atoms with Gasteiger partial charge in [-0.2, -0.15) is 0 Å². The number of anilines is 3. The van der Waals surface area contributed by atoms with Crippen LogP contribution in [-0.4, -0.2) is 27.7 Å². The maximum atomic E-state index is 13.1. The molecule has 0 unspecified atom stereocenters. The molecule has 0 radical (unpaired) electrons. The van der Waals surface area contributed by atoms with Crippen molar-refractivity contribution >= 4 is 53.8 Å². The number of rotatable bonds is 8. The Labute approximate surface area is 219 Å². The molecule has 0 saturated carbocycles. The van der Waals surface area contributed by atoms with E-state index >= 15 is 0 Å². The third-order valence-corrected chi connectivity index (χ3v) is 9.27. The van der Waals surface area contributed by atoms with E-state index in [1.807, 2.05) is 19.9 Å². The Bertz CT molecular complexity index is 1670. The molecule has 3 aromatic carbocycles. The molecule has 9 nitrogen and oxygen atoms in total. The minimum Gasteiger partial charge on any atom is -0.322 e. The van der Waals surface area contributed by atoms with Crippen LogP contribution < -0.4 is 14.8 Å². The van der Waals surface area contributed by atoms with Crippen LogP contribution >= 0.6 is 11.3 Å². The summed E-state index contributed by atoms with van der Waals surface area (Å²) in [5.74, 6) is -0.542. The summed E-state index contributed by atoms with van der Waals surface area (Å²) in [6.45, 7) is 5.48. The van der Waals surface area contributed by atoms with Gasteiger partial charge >= 0.3 is 0 Å². The van der Waals surface area contributed by atoms with Crippen LogP contribution in [0.15, 0.2) is 82.0 Å². The number of aryl methyl sites for hydroxylation is 3. The highest BCUT2D eigenvalue weighted by Crippen LogP contribution is 2.24. The number of hydrogen-bond acceptors (Lipinski definition) is 7. The van der Waals surface area contributed by atoms with Crippen LogP contribution in [0.4, 0.5) is 16.5 Å². The largest absolute Gasteiger partial charge is 0.322 e. The van der Waals surface area contributed by atoms with Crippen LogP contribution in [0.5, 0.6) is 0 Å². The molecule has 0 saturated heterocycles. The first kappa shape index (κ1) is 26.3. The van der Waals surface area contributed by atoms with Gasteiger partial charge in [0.05, 0.1) is 9.79 Å². The predicted octanol–water partition coefficient (Wildman–Crippen LogP) is 4.92. The molecule has 12 heteroatoms. The molecule has 0 atom stereocenters. The van der Waals surface area contributed by atoms with Crippen LogP contribution in [-0.2, 0) is 20.0 Å². The molecule has 4 aromatic rings. The number of amides is 1. The Balaban J connectivity index is 1.51. The van der Waals surface area contributed by atoms with Crippen LogP contribution in [0.3, 0.4) is 0 Å². The van der Waals surface area contributed by atoms with Crippen molar-refractivity contribution in [2.45, 2.75) is 30.6 Å².